The van der Waals surface area contributed by atoms with Crippen LogP contribution in [0.1, 0.15) is 168 Å². The van der Waals surface area contributed by atoms with Crippen LogP contribution < -0.4 is 69.4 Å². The van der Waals surface area contributed by atoms with Crippen LogP contribution in [0.25, 0.3) is 16.9 Å². The third kappa shape index (κ3) is 42.6. The van der Waals surface area contributed by atoms with Crippen molar-refractivity contribution in [3.63, 3.8) is 0 Å². The normalized spacial score (nSPS) is 11.1. The predicted molar refractivity (Wildman–Crippen MR) is 541 cm³/mol. The third-order valence-corrected chi connectivity index (χ3v) is 19.7. The summed E-state index contributed by atoms with van der Waals surface area (Å²) < 4.78 is 117. The van der Waals surface area contributed by atoms with Gasteiger partial charge in [-0.25, -0.2) is 89.5 Å². The van der Waals surface area contributed by atoms with E-state index in [9.17, 15) is 51.1 Å². The van der Waals surface area contributed by atoms with Gasteiger partial charge >= 0.3 is 66.1 Å². The number of imide groups is 3. The van der Waals surface area contributed by atoms with Crippen LogP contribution in [0.3, 0.4) is 0 Å². The van der Waals surface area contributed by atoms with Crippen LogP contribution in [0.2, 0.25) is 25.2 Å². The second kappa shape index (κ2) is 58.4. The van der Waals surface area contributed by atoms with E-state index in [-0.39, 0.29) is 149 Å². The first-order chi connectivity index (χ1) is 62.7. The number of nitrogens with zero attached hydrogens (tertiary/aromatic N) is 14. The fourth-order valence-corrected chi connectivity index (χ4v) is 12.8. The monoisotopic (exact) mass is 2290 g/mol. The Hall–Kier alpha value is -8.40. The van der Waals surface area contributed by atoms with E-state index in [4.69, 9.17) is 134 Å². The second-order valence-corrected chi connectivity index (χ2v) is 39.5. The number of carbonyl (C=O) groups is 7. The van der Waals surface area contributed by atoms with E-state index in [1.165, 1.54) is 36.4 Å². The topological polar surface area (TPSA) is 357 Å². The van der Waals surface area contributed by atoms with Gasteiger partial charge in [0.05, 0.1) is 69.2 Å². The Balaban J connectivity index is 0.00000175. The van der Waals surface area contributed by atoms with Crippen molar-refractivity contribution in [2.24, 2.45) is 5.73 Å². The Morgan fingerprint density at radius 1 is 0.424 bits per heavy atom. The number of nitrogens with one attached hydrogen (secondary N) is 1. The molecule has 0 aliphatic heterocycles. The van der Waals surface area contributed by atoms with Crippen molar-refractivity contribution in [2.75, 3.05) is 88.9 Å². The number of imidazole rings is 3. The number of amides is 6. The van der Waals surface area contributed by atoms with Crippen LogP contribution in [-0.4, -0.2) is 222 Å². The molecule has 761 valence electrons. The average molecular weight is 2290 g/mol. The molecule has 0 bridgehead atoms. The maximum atomic E-state index is 14.4. The minimum atomic E-state index is -0.905. The van der Waals surface area contributed by atoms with Crippen molar-refractivity contribution in [3.8, 4) is 23.0 Å². The van der Waals surface area contributed by atoms with Gasteiger partial charge in [-0.05, 0) is 264 Å². The smallest absolute Gasteiger partial charge is 1.00 e. The summed E-state index contributed by atoms with van der Waals surface area (Å²) >= 11 is 49.5. The van der Waals surface area contributed by atoms with Gasteiger partial charge < -0.3 is 69.6 Å². The zero-order valence-electron chi connectivity index (χ0n) is 80.5. The number of hydrogen-bond acceptors (Lipinski definition) is 27. The van der Waals surface area contributed by atoms with E-state index < -0.39 is 93.4 Å². The van der Waals surface area contributed by atoms with Gasteiger partial charge in [-0.2, -0.15) is 5.10 Å². The molecule has 3 N–H and O–H groups in total. The summed E-state index contributed by atoms with van der Waals surface area (Å²) in [5, 5.41) is 16.1. The molecule has 0 atom stereocenters. The summed E-state index contributed by atoms with van der Waals surface area (Å²) in [6, 6.07) is 21.2. The van der Waals surface area contributed by atoms with Gasteiger partial charge in [0, 0.05) is 65.4 Å². The number of ether oxygens (including phenoxy) is 10. The Morgan fingerprint density at radius 3 is 0.971 bits per heavy atom. The van der Waals surface area contributed by atoms with E-state index in [1.807, 2.05) is 24.1 Å². The molecular formula is C90H117BBr3Cl7F4N16NaO17. The second-order valence-electron chi connectivity index (χ2n) is 34.4. The first-order valence-electron chi connectivity index (χ1n) is 40.9. The number of anilines is 2. The third-order valence-electron chi connectivity index (χ3n) is 16.3. The molecule has 0 saturated heterocycles. The van der Waals surface area contributed by atoms with E-state index >= 15 is 0 Å². The summed E-state index contributed by atoms with van der Waals surface area (Å²) in [6.45, 7) is 30.8. The van der Waals surface area contributed by atoms with Crippen molar-refractivity contribution >= 4 is 209 Å². The van der Waals surface area contributed by atoms with Crippen LogP contribution in [0.5, 0.6) is 23.0 Å². The minimum Gasteiger partial charge on any atom is -1.00 e. The summed E-state index contributed by atoms with van der Waals surface area (Å²) in [7, 11) is 5.31. The van der Waals surface area contributed by atoms with E-state index in [2.05, 4.69) is 83.4 Å². The number of alkyl halides is 2. The quantitative estimate of drug-likeness (QED) is 0.0186. The molecule has 33 nitrogen and oxygen atoms in total. The molecule has 3 radical (unpaired) electrons. The number of aldehydes is 1. The van der Waals surface area contributed by atoms with E-state index in [1.54, 1.807) is 206 Å². The molecule has 6 aromatic heterocycles. The molecule has 0 fully saturated rings. The summed E-state index contributed by atoms with van der Waals surface area (Å²) in [6.07, 6.45) is 0.114. The van der Waals surface area contributed by atoms with Gasteiger partial charge in [0.2, 0.25) is 0 Å². The minimum absolute atomic E-state index is 0. The van der Waals surface area contributed by atoms with Crippen LogP contribution >= 0.6 is 129 Å². The fraction of sp³-hybridized carbons (Fsp3) is 0.456. The molecule has 0 unspecified atom stereocenters. The van der Waals surface area contributed by atoms with Gasteiger partial charge in [-0.15, -0.1) is 33.4 Å². The number of halogens is 14. The number of fused-ring (bicyclic) bond motifs is 3. The van der Waals surface area contributed by atoms with E-state index in [0.29, 0.717) is 81.2 Å². The standard InChI is InChI=1S/C26H32BrClFN5O5.C20H30ClFN2O5.C19H25ClFNO6.C16H16BrClFN5O.C6H3BrClN3.CH2Cl2.2CH4.B.Na.H/c1-25(2,3)38-23(35)33(24(36)39-26(4,5)6)12-13-37-18-9-8-17(29)22(28)16(18)15-32(7)21-11-10-20-30-14-19(27)34(20)31-21;1-19(2,3)28-17(25)24(18(26)29-20(4,5)6)10-11-27-15-9-8-14(22)16(21)13(15)12-23-7;1-18(2,3)27-16(24)22(17(25)28-19(4,5)6)9-10-26-14-8-7-13(21)15(20)12(14)11-23;1-23(15-5-4-14-21-8-13(17)24(14)22-15)9-10-12(25-7-6-20)3-2-11(19)16(10)18;7-4-3-9-6-2-1-5(8)10-11(4)6;2-1-3;;;;;/h8-11,14H,12-13,15H2,1-7H3;8-9,23H,10-12H2,1-7H3;7-8,11H,9-10H2,1-6H3;2-5,8H,6-7,9,20H2,1H3;1-3H;1H2;2*1H4;;;/q;;;;;;;;;+1;-1. The molecule has 49 heteroatoms. The summed E-state index contributed by atoms with van der Waals surface area (Å²) in [5.41, 5.74) is 3.94. The molecule has 139 heavy (non-hydrogen) atoms. The van der Waals surface area contributed by atoms with Gasteiger partial charge in [-0.3, -0.25) is 4.79 Å². The van der Waals surface area contributed by atoms with Crippen molar-refractivity contribution in [2.45, 2.75) is 193 Å². The zero-order chi connectivity index (χ0) is 102. The van der Waals surface area contributed by atoms with Crippen LogP contribution in [0.4, 0.5) is 58.0 Å². The Kier molecular flexibility index (Phi) is 54.0. The SMILES string of the molecule is C.C.CC(C)(C)OC(=O)N(CCOc1ccc(F)c(Cl)c1C=O)C(=O)OC(C)(C)C.CN(Cc1c(OCCN(C(=O)OC(C)(C)C)C(=O)OC(C)(C)C)ccc(F)c1Cl)c1ccc2ncc(Br)n2n1.CN(Cc1c(OCCN)ccc(F)c1Cl)c1ccc2ncc(Br)n2n1.CNCc1c(OCCN(C(=O)OC(C)(C)C)C(=O)OC(C)(C)C)ccc(F)c1Cl.ClCCl.Clc1ccc2ncc(Br)n2n1.[B].[H-].[Na+]. The molecule has 0 saturated carbocycles. The Bertz CT molecular complexity index is 5640. The first kappa shape index (κ1) is 129. The molecule has 0 spiro atoms. The molecule has 10 aromatic rings. The molecule has 6 amide bonds. The van der Waals surface area contributed by atoms with Gasteiger partial charge in [0.25, 0.3) is 0 Å². The average Bonchev–Trinajstić information content (AvgIpc) is 1.51. The molecular weight excluding hydrogens is 2170 g/mol. The number of aromatic nitrogens is 9. The molecule has 10 rings (SSSR count). The number of benzene rings is 4. The van der Waals surface area contributed by atoms with Crippen molar-refractivity contribution < 1.29 is 129 Å². The van der Waals surface area contributed by atoms with Crippen LogP contribution in [0, 0.1) is 23.3 Å². The number of rotatable bonds is 24. The summed E-state index contributed by atoms with van der Waals surface area (Å²) in [4.78, 5) is 105. The maximum Gasteiger partial charge on any atom is 1.00 e. The zero-order valence-corrected chi connectivity index (χ0v) is 91.6. The Morgan fingerprint density at radius 2 is 0.683 bits per heavy atom. The van der Waals surface area contributed by atoms with Gasteiger partial charge in [0.1, 0.15) is 137 Å². The van der Waals surface area contributed by atoms with Gasteiger partial charge in [-0.1, -0.05) is 72.9 Å². The van der Waals surface area contributed by atoms with Crippen molar-refractivity contribution in [1.82, 2.24) is 63.8 Å². The van der Waals surface area contributed by atoms with Gasteiger partial charge in [0.15, 0.2) is 23.2 Å². The summed E-state index contributed by atoms with van der Waals surface area (Å²) in [5.74, 6) is -0.0180. The number of nitrogens with two attached hydrogens (primary N) is 1. The van der Waals surface area contributed by atoms with Crippen molar-refractivity contribution in [1.29, 1.82) is 0 Å². The molecule has 0 aliphatic rings. The molecule has 4 aromatic carbocycles. The maximum absolute atomic E-state index is 14.4. The largest absolute Gasteiger partial charge is 1.00 e. The van der Waals surface area contributed by atoms with Crippen molar-refractivity contribution in [3.05, 3.63) is 188 Å². The predicted octanol–water partition coefficient (Wildman–Crippen LogP) is 20.9. The van der Waals surface area contributed by atoms with E-state index in [0.717, 1.165) is 41.3 Å². The Labute approximate surface area is 892 Å². The molecule has 6 heterocycles. The molecule has 0 aliphatic carbocycles. The number of carbonyl (C=O) groups excluding carboxylic acids is 7. The number of hydrogen-bond donors (Lipinski definition) is 2. The van der Waals surface area contributed by atoms with Crippen LogP contribution in [-0.2, 0) is 48.1 Å². The fourth-order valence-electron chi connectivity index (χ4n) is 10.7. The van der Waals surface area contributed by atoms with Crippen LogP contribution in [0.15, 0.2) is 117 Å². The first-order valence-corrected chi connectivity index (χ1v) is 46.2.